The van der Waals surface area contributed by atoms with Crippen LogP contribution >= 0.6 is 23.1 Å². The van der Waals surface area contributed by atoms with Crippen molar-refractivity contribution in [2.75, 3.05) is 18.8 Å². The topological polar surface area (TPSA) is 55.2 Å². The van der Waals surface area contributed by atoms with Gasteiger partial charge in [0.2, 0.25) is 5.91 Å². The van der Waals surface area contributed by atoms with Crippen molar-refractivity contribution in [2.24, 2.45) is 11.8 Å². The van der Waals surface area contributed by atoms with Crippen LogP contribution in [0, 0.1) is 11.8 Å². The van der Waals surface area contributed by atoms with Gasteiger partial charge in [-0.15, -0.1) is 17.9 Å². The first-order valence-corrected chi connectivity index (χ1v) is 11.8. The van der Waals surface area contributed by atoms with E-state index in [1.54, 1.807) is 22.0 Å². The van der Waals surface area contributed by atoms with Crippen LogP contribution in [0.5, 0.6) is 0 Å². The van der Waals surface area contributed by atoms with E-state index in [1.807, 2.05) is 4.90 Å². The lowest BCUT2D eigenvalue weighted by molar-refractivity contribution is -0.130. The highest BCUT2D eigenvalue weighted by Crippen LogP contribution is 2.35. The average Bonchev–Trinajstić information content (AvgIpc) is 3.22. The average molecular weight is 418 g/mol. The SMILES string of the molecule is C=CCn1c(SCC(=O)N2C[C@@H](C)C[C@H](C)C2)nc2sc3c(c2c1=O)CCC3. The Bertz CT molecular complexity index is 968. The van der Waals surface area contributed by atoms with E-state index in [0.29, 0.717) is 29.3 Å². The normalized spacial score (nSPS) is 21.9. The van der Waals surface area contributed by atoms with Crippen LogP contribution in [-0.4, -0.2) is 39.2 Å². The van der Waals surface area contributed by atoms with Crippen molar-refractivity contribution in [1.29, 1.82) is 0 Å². The second kappa shape index (κ2) is 8.03. The van der Waals surface area contributed by atoms with Crippen molar-refractivity contribution < 1.29 is 4.79 Å². The number of carbonyl (C=O) groups excluding carboxylic acids is 1. The van der Waals surface area contributed by atoms with Crippen molar-refractivity contribution in [3.8, 4) is 0 Å². The highest BCUT2D eigenvalue weighted by Gasteiger charge is 2.27. The number of fused-ring (bicyclic) bond motifs is 3. The predicted octanol–water partition coefficient (Wildman–Crippen LogP) is 3.73. The van der Waals surface area contributed by atoms with Gasteiger partial charge in [-0.05, 0) is 43.1 Å². The van der Waals surface area contributed by atoms with E-state index in [4.69, 9.17) is 4.98 Å². The summed E-state index contributed by atoms with van der Waals surface area (Å²) in [7, 11) is 0. The number of thioether (sulfide) groups is 1. The van der Waals surface area contributed by atoms with Gasteiger partial charge in [0.05, 0.1) is 11.1 Å². The number of piperidine rings is 1. The molecule has 1 fully saturated rings. The van der Waals surface area contributed by atoms with E-state index in [9.17, 15) is 9.59 Å². The molecule has 7 heteroatoms. The molecule has 1 saturated heterocycles. The summed E-state index contributed by atoms with van der Waals surface area (Å²) in [6.07, 6.45) is 6.04. The van der Waals surface area contributed by atoms with E-state index in [-0.39, 0.29) is 11.5 Å². The molecule has 4 rings (SSSR count). The third-order valence-electron chi connectivity index (χ3n) is 5.65. The number of thiophene rings is 1. The first kappa shape index (κ1) is 19.7. The number of allylic oxidation sites excluding steroid dienone is 1. The molecule has 1 aliphatic heterocycles. The van der Waals surface area contributed by atoms with Gasteiger partial charge in [-0.3, -0.25) is 14.2 Å². The summed E-state index contributed by atoms with van der Waals surface area (Å²) in [6.45, 7) is 10.3. The summed E-state index contributed by atoms with van der Waals surface area (Å²) in [4.78, 5) is 34.8. The van der Waals surface area contributed by atoms with Crippen LogP contribution in [0.15, 0.2) is 22.6 Å². The minimum Gasteiger partial charge on any atom is -0.341 e. The Morgan fingerprint density at radius 2 is 2.07 bits per heavy atom. The number of carbonyl (C=O) groups is 1. The molecule has 3 heterocycles. The van der Waals surface area contributed by atoms with Crippen molar-refractivity contribution in [3.05, 3.63) is 33.4 Å². The molecular weight excluding hydrogens is 390 g/mol. The minimum atomic E-state index is 0.0134. The number of aromatic nitrogens is 2. The number of amides is 1. The molecule has 1 aliphatic carbocycles. The molecule has 0 bridgehead atoms. The Morgan fingerprint density at radius 3 is 2.79 bits per heavy atom. The largest absolute Gasteiger partial charge is 0.341 e. The summed E-state index contributed by atoms with van der Waals surface area (Å²) in [5.41, 5.74) is 1.21. The van der Waals surface area contributed by atoms with Gasteiger partial charge in [0.15, 0.2) is 5.16 Å². The van der Waals surface area contributed by atoms with Gasteiger partial charge in [0.25, 0.3) is 5.56 Å². The van der Waals surface area contributed by atoms with Gasteiger partial charge in [0.1, 0.15) is 4.83 Å². The van der Waals surface area contributed by atoms with E-state index >= 15 is 0 Å². The molecule has 150 valence electrons. The zero-order valence-electron chi connectivity index (χ0n) is 16.6. The first-order valence-electron chi connectivity index (χ1n) is 10.0. The number of hydrogen-bond acceptors (Lipinski definition) is 5. The molecule has 2 aromatic heterocycles. The molecule has 1 amide bonds. The lowest BCUT2D eigenvalue weighted by Gasteiger charge is -2.35. The lowest BCUT2D eigenvalue weighted by atomic mass is 9.92. The maximum Gasteiger partial charge on any atom is 0.263 e. The zero-order chi connectivity index (χ0) is 19.8. The number of likely N-dealkylation sites (tertiary alicyclic amines) is 1. The number of rotatable bonds is 5. The Balaban J connectivity index is 1.59. The van der Waals surface area contributed by atoms with Crippen LogP contribution in [-0.2, 0) is 24.2 Å². The quantitative estimate of drug-likeness (QED) is 0.423. The predicted molar refractivity (Wildman–Crippen MR) is 116 cm³/mol. The summed E-state index contributed by atoms with van der Waals surface area (Å²) in [5.74, 6) is 1.54. The smallest absolute Gasteiger partial charge is 0.263 e. The van der Waals surface area contributed by atoms with Crippen molar-refractivity contribution in [1.82, 2.24) is 14.5 Å². The molecule has 0 unspecified atom stereocenters. The van der Waals surface area contributed by atoms with Crippen LogP contribution in [0.3, 0.4) is 0 Å². The summed E-state index contributed by atoms with van der Waals surface area (Å²) >= 11 is 3.03. The zero-order valence-corrected chi connectivity index (χ0v) is 18.2. The maximum absolute atomic E-state index is 13.2. The lowest BCUT2D eigenvalue weighted by Crippen LogP contribution is -2.43. The number of nitrogens with zero attached hydrogens (tertiary/aromatic N) is 3. The summed E-state index contributed by atoms with van der Waals surface area (Å²) in [6, 6.07) is 0. The fraction of sp³-hybridized carbons (Fsp3) is 0.571. The first-order chi connectivity index (χ1) is 13.5. The maximum atomic E-state index is 13.2. The van der Waals surface area contributed by atoms with Gasteiger partial charge in [0, 0.05) is 24.5 Å². The molecule has 5 nitrogen and oxygen atoms in total. The van der Waals surface area contributed by atoms with Crippen LogP contribution in [0.1, 0.15) is 37.1 Å². The van der Waals surface area contributed by atoms with Crippen molar-refractivity contribution in [2.45, 2.75) is 51.2 Å². The molecule has 2 aliphatic rings. The highest BCUT2D eigenvalue weighted by atomic mass is 32.2. The molecule has 28 heavy (non-hydrogen) atoms. The second-order valence-electron chi connectivity index (χ2n) is 8.17. The molecule has 2 atom stereocenters. The monoisotopic (exact) mass is 417 g/mol. The fourth-order valence-corrected chi connectivity index (χ4v) is 6.76. The highest BCUT2D eigenvalue weighted by molar-refractivity contribution is 7.99. The van der Waals surface area contributed by atoms with Gasteiger partial charge in [-0.25, -0.2) is 4.98 Å². The van der Waals surface area contributed by atoms with Crippen LogP contribution in [0.2, 0.25) is 0 Å². The Labute approximate surface area is 173 Å². The van der Waals surface area contributed by atoms with Crippen LogP contribution in [0.4, 0.5) is 0 Å². The summed E-state index contributed by atoms with van der Waals surface area (Å²) < 4.78 is 1.68. The van der Waals surface area contributed by atoms with Gasteiger partial charge in [-0.1, -0.05) is 31.7 Å². The molecular formula is C21H27N3O2S2. The fourth-order valence-electron chi connectivity index (χ4n) is 4.54. The van der Waals surface area contributed by atoms with Gasteiger partial charge in [-0.2, -0.15) is 0 Å². The standard InChI is InChI=1S/C21H27N3O2S2/c1-4-8-24-20(26)18-15-6-5-7-16(15)28-19(18)22-21(24)27-12-17(25)23-10-13(2)9-14(3)11-23/h4,13-14H,1,5-12H2,2-3H3/t13-,14-/m0/s1. The minimum absolute atomic E-state index is 0.0134. The Morgan fingerprint density at radius 1 is 1.32 bits per heavy atom. The molecule has 0 radical (unpaired) electrons. The van der Waals surface area contributed by atoms with E-state index in [1.165, 1.54) is 28.6 Å². The van der Waals surface area contributed by atoms with Crippen LogP contribution in [0.25, 0.3) is 10.2 Å². The molecule has 0 aromatic carbocycles. The van der Waals surface area contributed by atoms with E-state index in [2.05, 4.69) is 20.4 Å². The van der Waals surface area contributed by atoms with E-state index in [0.717, 1.165) is 42.6 Å². The van der Waals surface area contributed by atoms with Crippen molar-refractivity contribution in [3.63, 3.8) is 0 Å². The Kier molecular flexibility index (Phi) is 5.65. The molecule has 2 aromatic rings. The second-order valence-corrected chi connectivity index (χ2v) is 10.2. The van der Waals surface area contributed by atoms with Crippen molar-refractivity contribution >= 4 is 39.2 Å². The summed E-state index contributed by atoms with van der Waals surface area (Å²) in [5, 5.41) is 1.41. The number of hydrogen-bond donors (Lipinski definition) is 0. The third kappa shape index (κ3) is 3.66. The molecule has 0 saturated carbocycles. The third-order valence-corrected chi connectivity index (χ3v) is 7.79. The molecule has 0 N–H and O–H groups in total. The van der Waals surface area contributed by atoms with Gasteiger partial charge >= 0.3 is 0 Å². The number of aryl methyl sites for hydroxylation is 2. The Hall–Kier alpha value is -1.60. The van der Waals surface area contributed by atoms with E-state index < -0.39 is 0 Å². The molecule has 0 spiro atoms. The van der Waals surface area contributed by atoms with Gasteiger partial charge < -0.3 is 4.90 Å². The van der Waals surface area contributed by atoms with Crippen LogP contribution < -0.4 is 5.56 Å².